The molecule has 1 amide bonds. The van der Waals surface area contributed by atoms with Crippen LogP contribution < -0.4 is 10.2 Å². The minimum atomic E-state index is -0.456. The van der Waals surface area contributed by atoms with Crippen molar-refractivity contribution in [2.24, 2.45) is 0 Å². The van der Waals surface area contributed by atoms with Crippen molar-refractivity contribution in [1.29, 1.82) is 0 Å². The second-order valence-electron chi connectivity index (χ2n) is 7.73. The maximum Gasteiger partial charge on any atom is 0.256 e. The van der Waals surface area contributed by atoms with Crippen LogP contribution >= 0.6 is 0 Å². The van der Waals surface area contributed by atoms with Crippen LogP contribution in [0.15, 0.2) is 36.7 Å². The summed E-state index contributed by atoms with van der Waals surface area (Å²) in [7, 11) is 0. The van der Waals surface area contributed by atoms with E-state index in [1.807, 2.05) is 4.90 Å². The fraction of sp³-hybridized carbons (Fsp3) is 0.381. The van der Waals surface area contributed by atoms with Crippen LogP contribution in [0.3, 0.4) is 0 Å². The van der Waals surface area contributed by atoms with Crippen LogP contribution in [0, 0.1) is 11.6 Å². The maximum atomic E-state index is 14.4. The highest BCUT2D eigenvalue weighted by atomic mass is 19.1. The molecule has 1 aromatic carbocycles. The van der Waals surface area contributed by atoms with Gasteiger partial charge in [0.25, 0.3) is 5.91 Å². The van der Waals surface area contributed by atoms with Crippen molar-refractivity contribution in [3.8, 4) is 0 Å². The topological polar surface area (TPSA) is 62.5 Å². The lowest BCUT2D eigenvalue weighted by molar-refractivity contribution is 0.0918. The quantitative estimate of drug-likeness (QED) is 0.730. The number of nitrogens with one attached hydrogen (secondary N) is 1. The summed E-state index contributed by atoms with van der Waals surface area (Å²) in [6.45, 7) is 0.682. The molecular formula is C21H21F2N5O. The first-order chi connectivity index (χ1) is 14.1. The van der Waals surface area contributed by atoms with Crippen LogP contribution in [-0.4, -0.2) is 33.1 Å². The van der Waals surface area contributed by atoms with Crippen molar-refractivity contribution in [2.75, 3.05) is 11.4 Å². The Labute approximate surface area is 166 Å². The summed E-state index contributed by atoms with van der Waals surface area (Å²) in [5.74, 6) is -0.429. The molecular weight excluding hydrogens is 376 g/mol. The minimum absolute atomic E-state index is 0.177. The Bertz CT molecular complexity index is 1080. The molecule has 150 valence electrons. The van der Waals surface area contributed by atoms with E-state index in [4.69, 9.17) is 0 Å². The number of hydrogen-bond donors (Lipinski definition) is 1. The molecule has 1 N–H and O–H groups in total. The number of benzene rings is 1. The molecule has 0 bridgehead atoms. The Balaban J connectivity index is 1.48. The highest BCUT2D eigenvalue weighted by molar-refractivity contribution is 6.00. The van der Waals surface area contributed by atoms with Crippen LogP contribution in [0.1, 0.15) is 54.1 Å². The molecule has 1 saturated heterocycles. The minimum Gasteiger partial charge on any atom is -0.349 e. The molecule has 1 unspecified atom stereocenters. The van der Waals surface area contributed by atoms with Crippen LogP contribution in [0.25, 0.3) is 5.65 Å². The summed E-state index contributed by atoms with van der Waals surface area (Å²) in [4.78, 5) is 19.3. The summed E-state index contributed by atoms with van der Waals surface area (Å²) in [6, 6.07) is 5.27. The first-order valence-electron chi connectivity index (χ1n) is 9.97. The molecule has 1 saturated carbocycles. The first kappa shape index (κ1) is 18.0. The second kappa shape index (κ2) is 7.09. The molecule has 8 heteroatoms. The monoisotopic (exact) mass is 397 g/mol. The molecule has 6 nitrogen and oxygen atoms in total. The number of amides is 1. The lowest BCUT2D eigenvalue weighted by atomic mass is 9.93. The zero-order valence-electron chi connectivity index (χ0n) is 15.8. The van der Waals surface area contributed by atoms with Crippen molar-refractivity contribution in [1.82, 2.24) is 19.9 Å². The van der Waals surface area contributed by atoms with Crippen molar-refractivity contribution in [3.63, 3.8) is 0 Å². The van der Waals surface area contributed by atoms with Gasteiger partial charge in [0.15, 0.2) is 5.65 Å². The molecule has 2 aliphatic rings. The number of hydrogen-bond acceptors (Lipinski definition) is 4. The average molecular weight is 397 g/mol. The van der Waals surface area contributed by atoms with E-state index in [1.54, 1.807) is 16.8 Å². The zero-order valence-corrected chi connectivity index (χ0v) is 15.8. The number of rotatable bonds is 4. The summed E-state index contributed by atoms with van der Waals surface area (Å²) >= 11 is 0. The molecule has 1 aliphatic heterocycles. The van der Waals surface area contributed by atoms with Crippen LogP contribution in [0.4, 0.5) is 14.6 Å². The first-order valence-corrected chi connectivity index (χ1v) is 9.97. The normalized spacial score (nSPS) is 19.5. The number of carbonyl (C=O) groups is 1. The number of carbonyl (C=O) groups excluding carboxylic acids is 1. The number of nitrogens with zero attached hydrogens (tertiary/aromatic N) is 4. The van der Waals surface area contributed by atoms with E-state index in [9.17, 15) is 13.6 Å². The van der Waals surface area contributed by atoms with E-state index in [1.165, 1.54) is 12.3 Å². The van der Waals surface area contributed by atoms with E-state index in [-0.39, 0.29) is 18.0 Å². The smallest absolute Gasteiger partial charge is 0.256 e. The van der Waals surface area contributed by atoms with Gasteiger partial charge < -0.3 is 10.2 Å². The lowest BCUT2D eigenvalue weighted by Crippen LogP contribution is -2.39. The van der Waals surface area contributed by atoms with E-state index < -0.39 is 11.6 Å². The fourth-order valence-corrected chi connectivity index (χ4v) is 4.13. The van der Waals surface area contributed by atoms with Crippen molar-refractivity contribution >= 4 is 17.4 Å². The van der Waals surface area contributed by atoms with Gasteiger partial charge in [-0.25, -0.2) is 18.3 Å². The average Bonchev–Trinajstić information content (AvgIpc) is 3.33. The lowest BCUT2D eigenvalue weighted by Gasteiger charge is -2.27. The molecule has 0 radical (unpaired) electrons. The van der Waals surface area contributed by atoms with Crippen molar-refractivity contribution in [3.05, 3.63) is 59.4 Å². The Morgan fingerprint density at radius 3 is 2.79 bits per heavy atom. The second-order valence-corrected chi connectivity index (χ2v) is 7.73. The third-order valence-electron chi connectivity index (χ3n) is 5.90. The maximum absolute atomic E-state index is 14.4. The largest absolute Gasteiger partial charge is 0.349 e. The molecule has 3 heterocycles. The third kappa shape index (κ3) is 3.22. The molecule has 0 spiro atoms. The van der Waals surface area contributed by atoms with Gasteiger partial charge in [-0.05, 0) is 56.4 Å². The third-order valence-corrected chi connectivity index (χ3v) is 5.90. The summed E-state index contributed by atoms with van der Waals surface area (Å²) in [5, 5.41) is 7.24. The summed E-state index contributed by atoms with van der Waals surface area (Å²) < 4.78 is 29.6. The molecule has 2 aromatic heterocycles. The van der Waals surface area contributed by atoms with Gasteiger partial charge in [0.1, 0.15) is 23.0 Å². The Kier molecular flexibility index (Phi) is 4.41. The van der Waals surface area contributed by atoms with Gasteiger partial charge in [0.2, 0.25) is 0 Å². The van der Waals surface area contributed by atoms with Gasteiger partial charge in [0, 0.05) is 24.3 Å². The predicted molar refractivity (Wildman–Crippen MR) is 104 cm³/mol. The number of aromatic nitrogens is 3. The number of anilines is 1. The van der Waals surface area contributed by atoms with Crippen LogP contribution in [0.2, 0.25) is 0 Å². The summed E-state index contributed by atoms with van der Waals surface area (Å²) in [6.07, 6.45) is 7.96. The van der Waals surface area contributed by atoms with Crippen molar-refractivity contribution < 1.29 is 13.6 Å². The predicted octanol–water partition coefficient (Wildman–Crippen LogP) is 3.63. The van der Waals surface area contributed by atoms with E-state index >= 15 is 0 Å². The highest BCUT2D eigenvalue weighted by Gasteiger charge is 2.30. The summed E-state index contributed by atoms with van der Waals surface area (Å²) in [5.41, 5.74) is 1.22. The number of halogens is 2. The van der Waals surface area contributed by atoms with Gasteiger partial charge in [-0.15, -0.1) is 0 Å². The van der Waals surface area contributed by atoms with E-state index in [2.05, 4.69) is 15.4 Å². The Morgan fingerprint density at radius 1 is 1.14 bits per heavy atom. The molecule has 1 aliphatic carbocycles. The highest BCUT2D eigenvalue weighted by Crippen LogP contribution is 2.36. The van der Waals surface area contributed by atoms with Gasteiger partial charge >= 0.3 is 0 Å². The van der Waals surface area contributed by atoms with E-state index in [0.29, 0.717) is 35.6 Å². The number of fused-ring (bicyclic) bond motifs is 1. The molecule has 29 heavy (non-hydrogen) atoms. The van der Waals surface area contributed by atoms with Crippen molar-refractivity contribution in [2.45, 2.75) is 44.2 Å². The Morgan fingerprint density at radius 2 is 2.00 bits per heavy atom. The van der Waals surface area contributed by atoms with Gasteiger partial charge in [-0.2, -0.15) is 5.10 Å². The molecule has 1 atom stereocenters. The van der Waals surface area contributed by atoms with Gasteiger partial charge in [-0.1, -0.05) is 0 Å². The molecule has 3 aromatic rings. The van der Waals surface area contributed by atoms with E-state index in [0.717, 1.165) is 37.8 Å². The zero-order chi connectivity index (χ0) is 20.0. The van der Waals surface area contributed by atoms with Crippen LogP contribution in [0.5, 0.6) is 0 Å². The SMILES string of the molecule is O=C(NC1CCC1)c1cnn2ccc(N3CCCC3c3cc(F)ccc3F)nc12. The van der Waals surface area contributed by atoms with Crippen LogP contribution in [-0.2, 0) is 0 Å². The molecule has 2 fully saturated rings. The fourth-order valence-electron chi connectivity index (χ4n) is 4.13. The molecule has 5 rings (SSSR count). The standard InChI is InChI=1S/C21H21F2N5O/c22-13-6-7-17(23)15(11-13)18-5-2-9-27(18)19-8-10-28-20(26-19)16(12-24-28)21(29)25-14-3-1-4-14/h6-8,10-12,14,18H,1-5,9H2,(H,25,29). The van der Waals surface area contributed by atoms with Gasteiger partial charge in [0.05, 0.1) is 12.2 Å². The Hall–Kier alpha value is -3.03. The van der Waals surface area contributed by atoms with Gasteiger partial charge in [-0.3, -0.25) is 4.79 Å².